The molecule has 2 fully saturated rings. The average molecular weight is 402 g/mol. The van der Waals surface area contributed by atoms with Gasteiger partial charge < -0.3 is 15.4 Å². The molecule has 0 spiro atoms. The molecule has 1 aliphatic carbocycles. The SMILES string of the molecule is CCOc1ccc(-c2cc(C(=O)NC3C[C@H]4CNC[C@H]4C3)c3ccccc3n2)cc1. The van der Waals surface area contributed by atoms with Crippen LogP contribution in [-0.4, -0.2) is 36.6 Å². The standard InChI is InChI=1S/C25H27N3O2/c1-2-30-20-9-7-16(8-10-20)24-13-22(21-5-3-4-6-23(21)28-24)25(29)27-19-11-17-14-26-15-18(17)12-19/h3-10,13,17-19,26H,2,11-12,14-15H2,1H3,(H,27,29)/t17-,18+,19?. The minimum atomic E-state index is -0.00119. The van der Waals surface area contributed by atoms with Gasteiger partial charge in [-0.2, -0.15) is 0 Å². The molecule has 1 aliphatic heterocycles. The van der Waals surface area contributed by atoms with Gasteiger partial charge in [-0.05, 0) is 81.1 Å². The van der Waals surface area contributed by atoms with Crippen LogP contribution in [-0.2, 0) is 0 Å². The van der Waals surface area contributed by atoms with Crippen molar-refractivity contribution in [2.75, 3.05) is 19.7 Å². The highest BCUT2D eigenvalue weighted by Gasteiger charge is 2.37. The Morgan fingerprint density at radius 2 is 1.83 bits per heavy atom. The van der Waals surface area contributed by atoms with Gasteiger partial charge in [-0.3, -0.25) is 4.79 Å². The molecule has 1 saturated heterocycles. The number of rotatable bonds is 5. The van der Waals surface area contributed by atoms with Crippen LogP contribution in [0.3, 0.4) is 0 Å². The highest BCUT2D eigenvalue weighted by atomic mass is 16.5. The Balaban J connectivity index is 1.45. The maximum Gasteiger partial charge on any atom is 0.252 e. The molecule has 1 amide bonds. The van der Waals surface area contributed by atoms with Gasteiger partial charge in [0.05, 0.1) is 23.4 Å². The summed E-state index contributed by atoms with van der Waals surface area (Å²) in [4.78, 5) is 18.1. The monoisotopic (exact) mass is 401 g/mol. The van der Waals surface area contributed by atoms with E-state index in [2.05, 4.69) is 10.6 Å². The van der Waals surface area contributed by atoms with Gasteiger partial charge in [-0.25, -0.2) is 4.98 Å². The van der Waals surface area contributed by atoms with Crippen LogP contribution in [0.15, 0.2) is 54.6 Å². The van der Waals surface area contributed by atoms with Crippen LogP contribution >= 0.6 is 0 Å². The number of hydrogen-bond acceptors (Lipinski definition) is 4. The van der Waals surface area contributed by atoms with E-state index < -0.39 is 0 Å². The van der Waals surface area contributed by atoms with E-state index in [9.17, 15) is 4.79 Å². The number of amides is 1. The minimum Gasteiger partial charge on any atom is -0.494 e. The van der Waals surface area contributed by atoms with E-state index in [-0.39, 0.29) is 11.9 Å². The summed E-state index contributed by atoms with van der Waals surface area (Å²) in [6.07, 6.45) is 2.14. The van der Waals surface area contributed by atoms with Gasteiger partial charge in [-0.15, -0.1) is 0 Å². The van der Waals surface area contributed by atoms with Crippen molar-refractivity contribution >= 4 is 16.8 Å². The van der Waals surface area contributed by atoms with Crippen LogP contribution in [0.1, 0.15) is 30.1 Å². The number of pyridine rings is 1. The molecule has 1 unspecified atom stereocenters. The van der Waals surface area contributed by atoms with Crippen molar-refractivity contribution in [1.29, 1.82) is 0 Å². The highest BCUT2D eigenvalue weighted by Crippen LogP contribution is 2.35. The Kier molecular flexibility index (Phi) is 5.13. The number of benzene rings is 2. The number of aromatic nitrogens is 1. The first-order chi connectivity index (χ1) is 14.7. The van der Waals surface area contributed by atoms with Gasteiger partial charge in [0, 0.05) is 17.0 Å². The number of hydrogen-bond donors (Lipinski definition) is 2. The van der Waals surface area contributed by atoms with Gasteiger partial charge in [-0.1, -0.05) is 18.2 Å². The van der Waals surface area contributed by atoms with E-state index in [0.717, 1.165) is 53.8 Å². The molecular formula is C25H27N3O2. The molecule has 5 heteroatoms. The van der Waals surface area contributed by atoms with Crippen molar-refractivity contribution in [2.45, 2.75) is 25.8 Å². The Bertz CT molecular complexity index is 1050. The third kappa shape index (κ3) is 3.65. The summed E-state index contributed by atoms with van der Waals surface area (Å²) >= 11 is 0. The molecule has 1 aromatic heterocycles. The van der Waals surface area contributed by atoms with E-state index in [1.807, 2.05) is 61.5 Å². The fourth-order valence-corrected chi connectivity index (χ4v) is 4.95. The van der Waals surface area contributed by atoms with E-state index in [1.165, 1.54) is 0 Å². The van der Waals surface area contributed by atoms with Crippen LogP contribution in [0.2, 0.25) is 0 Å². The maximum absolute atomic E-state index is 13.3. The molecule has 0 radical (unpaired) electrons. The lowest BCUT2D eigenvalue weighted by Crippen LogP contribution is -2.34. The van der Waals surface area contributed by atoms with Gasteiger partial charge >= 0.3 is 0 Å². The van der Waals surface area contributed by atoms with E-state index in [4.69, 9.17) is 9.72 Å². The number of carbonyl (C=O) groups excluding carboxylic acids is 1. The third-order valence-electron chi connectivity index (χ3n) is 6.41. The smallest absolute Gasteiger partial charge is 0.252 e. The largest absolute Gasteiger partial charge is 0.494 e. The lowest BCUT2D eigenvalue weighted by molar-refractivity contribution is 0.0938. The summed E-state index contributed by atoms with van der Waals surface area (Å²) in [6.45, 7) is 4.77. The first-order valence-electron chi connectivity index (χ1n) is 10.9. The molecular weight excluding hydrogens is 374 g/mol. The summed E-state index contributed by atoms with van der Waals surface area (Å²) in [5.74, 6) is 2.23. The molecule has 0 bridgehead atoms. The third-order valence-corrected chi connectivity index (χ3v) is 6.41. The topological polar surface area (TPSA) is 63.2 Å². The zero-order valence-corrected chi connectivity index (χ0v) is 17.2. The van der Waals surface area contributed by atoms with Crippen LogP contribution < -0.4 is 15.4 Å². The second-order valence-electron chi connectivity index (χ2n) is 8.35. The van der Waals surface area contributed by atoms with Crippen molar-refractivity contribution in [1.82, 2.24) is 15.6 Å². The highest BCUT2D eigenvalue weighted by molar-refractivity contribution is 6.07. The number of para-hydroxylation sites is 1. The van der Waals surface area contributed by atoms with Crippen LogP contribution in [0.4, 0.5) is 0 Å². The Hall–Kier alpha value is -2.92. The summed E-state index contributed by atoms with van der Waals surface area (Å²) in [5, 5.41) is 7.66. The first kappa shape index (κ1) is 19.1. The number of nitrogens with one attached hydrogen (secondary N) is 2. The molecule has 2 N–H and O–H groups in total. The maximum atomic E-state index is 13.3. The number of ether oxygens (including phenoxy) is 1. The molecule has 1 saturated carbocycles. The van der Waals surface area contributed by atoms with E-state index in [0.29, 0.717) is 24.0 Å². The van der Waals surface area contributed by atoms with Crippen molar-refractivity contribution in [3.63, 3.8) is 0 Å². The van der Waals surface area contributed by atoms with Gasteiger partial charge in [0.2, 0.25) is 0 Å². The Labute approximate surface area is 176 Å². The van der Waals surface area contributed by atoms with E-state index in [1.54, 1.807) is 0 Å². The molecule has 30 heavy (non-hydrogen) atoms. The van der Waals surface area contributed by atoms with Gasteiger partial charge in [0.1, 0.15) is 5.75 Å². The van der Waals surface area contributed by atoms with Crippen molar-refractivity contribution in [2.24, 2.45) is 11.8 Å². The van der Waals surface area contributed by atoms with Gasteiger partial charge in [0.15, 0.2) is 0 Å². The zero-order valence-electron chi connectivity index (χ0n) is 17.2. The molecule has 3 atom stereocenters. The molecule has 5 nitrogen and oxygen atoms in total. The van der Waals surface area contributed by atoms with Crippen molar-refractivity contribution in [3.05, 3.63) is 60.2 Å². The summed E-state index contributed by atoms with van der Waals surface area (Å²) in [7, 11) is 0. The van der Waals surface area contributed by atoms with Crippen LogP contribution in [0.5, 0.6) is 5.75 Å². The fourth-order valence-electron chi connectivity index (χ4n) is 4.95. The molecule has 2 heterocycles. The number of carbonyl (C=O) groups is 1. The lowest BCUT2D eigenvalue weighted by atomic mass is 10.0. The molecule has 3 aromatic rings. The quantitative estimate of drug-likeness (QED) is 0.678. The predicted molar refractivity (Wildman–Crippen MR) is 119 cm³/mol. The fraction of sp³-hybridized carbons (Fsp3) is 0.360. The number of nitrogens with zero attached hydrogens (tertiary/aromatic N) is 1. The Morgan fingerprint density at radius 1 is 1.10 bits per heavy atom. The zero-order chi connectivity index (χ0) is 20.5. The van der Waals surface area contributed by atoms with Crippen molar-refractivity contribution < 1.29 is 9.53 Å². The lowest BCUT2D eigenvalue weighted by Gasteiger charge is -2.16. The average Bonchev–Trinajstić information content (AvgIpc) is 3.35. The molecule has 5 rings (SSSR count). The molecule has 154 valence electrons. The molecule has 2 aliphatic rings. The number of fused-ring (bicyclic) bond motifs is 2. The Morgan fingerprint density at radius 3 is 2.57 bits per heavy atom. The summed E-state index contributed by atoms with van der Waals surface area (Å²) < 4.78 is 5.55. The minimum absolute atomic E-state index is 0.00119. The predicted octanol–water partition coefficient (Wildman–Crippen LogP) is 4.03. The molecule has 2 aromatic carbocycles. The summed E-state index contributed by atoms with van der Waals surface area (Å²) in [5.41, 5.74) is 3.30. The van der Waals surface area contributed by atoms with Crippen LogP contribution in [0.25, 0.3) is 22.2 Å². The summed E-state index contributed by atoms with van der Waals surface area (Å²) in [6, 6.07) is 17.9. The van der Waals surface area contributed by atoms with Crippen molar-refractivity contribution in [3.8, 4) is 17.0 Å². The second kappa shape index (κ2) is 8.07. The van der Waals surface area contributed by atoms with E-state index >= 15 is 0 Å². The van der Waals surface area contributed by atoms with Gasteiger partial charge in [0.25, 0.3) is 5.91 Å². The van der Waals surface area contributed by atoms with Crippen LogP contribution in [0, 0.1) is 11.8 Å². The normalized spacial score (nSPS) is 22.8. The second-order valence-corrected chi connectivity index (χ2v) is 8.35. The first-order valence-corrected chi connectivity index (χ1v) is 10.9.